The fourth-order valence-electron chi connectivity index (χ4n) is 10.3. The molecule has 332 valence electrons. The number of fused-ring (bicyclic) bond motifs is 1. The third-order valence-electron chi connectivity index (χ3n) is 13.9. The number of nitrogens with one attached hydrogen (secondary N) is 4. The van der Waals surface area contributed by atoms with E-state index in [9.17, 15) is 24.0 Å². The molecule has 2 spiro atoms. The summed E-state index contributed by atoms with van der Waals surface area (Å²) in [7, 11) is 0. The van der Waals surface area contributed by atoms with E-state index in [0.29, 0.717) is 30.4 Å². The molecule has 1 atom stereocenters. The lowest BCUT2D eigenvalue weighted by molar-refractivity contribution is -0.137. The number of hydrogen-bond acceptors (Lipinski definition) is 14. The molecule has 5 saturated heterocycles. The molecule has 8 heterocycles. The molecular formula is C46H52N12O5S. The molecule has 6 aliphatic heterocycles. The highest BCUT2D eigenvalue weighted by atomic mass is 32.2. The Morgan fingerprint density at radius 3 is 2.47 bits per heavy atom. The molecule has 10 rings (SSSR count). The number of hydrogen-bond donors (Lipinski definition) is 4. The first-order valence-corrected chi connectivity index (χ1v) is 23.1. The van der Waals surface area contributed by atoms with Gasteiger partial charge in [0.05, 0.1) is 12.4 Å². The van der Waals surface area contributed by atoms with Gasteiger partial charge in [-0.05, 0) is 91.6 Å². The van der Waals surface area contributed by atoms with Gasteiger partial charge in [0.25, 0.3) is 11.8 Å². The van der Waals surface area contributed by atoms with Crippen LogP contribution in [-0.4, -0.2) is 124 Å². The molecule has 5 fully saturated rings. The van der Waals surface area contributed by atoms with E-state index in [2.05, 4.69) is 46.2 Å². The SMILES string of the molecule is O=C1CCC(N2Cc3cc(CNC(=O)c4ccc(N5CCC6(CN(CCC(=O)Nc7cccc(Sc8cnc(N9CCC%10(CCNC%10)CC9)cn8)c7)C6)C5)nn4)ccc3C2=O)C(=O)N1. The molecule has 0 radical (unpaired) electrons. The number of amides is 5. The summed E-state index contributed by atoms with van der Waals surface area (Å²) in [6.07, 6.45) is 9.31. The van der Waals surface area contributed by atoms with Gasteiger partial charge in [0.1, 0.15) is 16.9 Å². The first-order valence-electron chi connectivity index (χ1n) is 22.3. The van der Waals surface area contributed by atoms with Crippen LogP contribution in [0.25, 0.3) is 0 Å². The van der Waals surface area contributed by atoms with Crippen LogP contribution in [0.2, 0.25) is 0 Å². The van der Waals surface area contributed by atoms with Gasteiger partial charge in [-0.2, -0.15) is 0 Å². The zero-order valence-electron chi connectivity index (χ0n) is 35.7. The third kappa shape index (κ3) is 8.90. The summed E-state index contributed by atoms with van der Waals surface area (Å²) in [6.45, 7) is 9.00. The van der Waals surface area contributed by atoms with Gasteiger partial charge in [0.15, 0.2) is 11.5 Å². The average molecular weight is 885 g/mol. The molecule has 18 heteroatoms. The summed E-state index contributed by atoms with van der Waals surface area (Å²) in [6, 6.07) is 16.1. The van der Waals surface area contributed by atoms with E-state index in [1.54, 1.807) is 18.2 Å². The topological polar surface area (TPSA) is 198 Å². The Morgan fingerprint density at radius 2 is 1.70 bits per heavy atom. The number of anilines is 3. The quantitative estimate of drug-likeness (QED) is 0.151. The van der Waals surface area contributed by atoms with Gasteiger partial charge < -0.3 is 35.6 Å². The maximum Gasteiger partial charge on any atom is 0.272 e. The maximum absolute atomic E-state index is 13.0. The minimum atomic E-state index is -0.679. The summed E-state index contributed by atoms with van der Waals surface area (Å²) in [5.74, 6) is 0.278. The predicted octanol–water partition coefficient (Wildman–Crippen LogP) is 3.23. The molecule has 1 unspecified atom stereocenters. The van der Waals surface area contributed by atoms with Crippen LogP contribution in [0.3, 0.4) is 0 Å². The molecule has 4 aromatic rings. The number of benzene rings is 2. The van der Waals surface area contributed by atoms with E-state index in [1.165, 1.54) is 35.9 Å². The van der Waals surface area contributed by atoms with Gasteiger partial charge >= 0.3 is 0 Å². The maximum atomic E-state index is 13.0. The van der Waals surface area contributed by atoms with Crippen molar-refractivity contribution in [2.24, 2.45) is 10.8 Å². The van der Waals surface area contributed by atoms with Crippen LogP contribution < -0.4 is 31.1 Å². The minimum absolute atomic E-state index is 0.0153. The number of aromatic nitrogens is 4. The lowest BCUT2D eigenvalue weighted by Crippen LogP contribution is -2.57. The standard InChI is InChI=1S/C46H52N12O5S/c59-39-9-7-36(43(62)52-39)58-25-31-20-30(4-5-34(31)44(58)63)22-50-42(61)35-6-8-37(54-53-35)57-19-14-46(29-57)27-55(28-46)16-10-40(60)51-32-2-1-3-33(21-32)64-41-24-48-38(23-49-41)56-17-12-45(13-18-56)11-15-47-26-45/h1-6,8,20-21,23-24,36,47H,7,9-19,22,25-29H2,(H,50,61)(H,51,60)(H,52,59,62). The number of likely N-dealkylation sites (tertiary alicyclic amines) is 1. The van der Waals surface area contributed by atoms with Crippen molar-refractivity contribution in [2.45, 2.75) is 74.0 Å². The number of piperidine rings is 2. The average Bonchev–Trinajstić information content (AvgIpc) is 4.03. The Kier molecular flexibility index (Phi) is 11.5. The fraction of sp³-hybridized carbons (Fsp3) is 0.457. The number of carbonyl (C=O) groups excluding carboxylic acids is 5. The Balaban J connectivity index is 0.638. The van der Waals surface area contributed by atoms with Crippen molar-refractivity contribution >= 4 is 58.6 Å². The van der Waals surface area contributed by atoms with E-state index in [0.717, 1.165) is 97.2 Å². The Morgan fingerprint density at radius 1 is 0.859 bits per heavy atom. The molecular weight excluding hydrogens is 833 g/mol. The highest BCUT2D eigenvalue weighted by molar-refractivity contribution is 7.99. The second-order valence-electron chi connectivity index (χ2n) is 18.3. The summed E-state index contributed by atoms with van der Waals surface area (Å²) in [4.78, 5) is 81.9. The lowest BCUT2D eigenvalue weighted by Gasteiger charge is -2.48. The second-order valence-corrected chi connectivity index (χ2v) is 19.4. The van der Waals surface area contributed by atoms with Gasteiger partial charge in [0.2, 0.25) is 17.7 Å². The molecule has 0 saturated carbocycles. The number of nitrogens with zero attached hydrogens (tertiary/aromatic N) is 8. The molecule has 2 aromatic carbocycles. The van der Waals surface area contributed by atoms with Crippen molar-refractivity contribution in [1.82, 2.24) is 45.9 Å². The Bertz CT molecular complexity index is 2450. The Hall–Kier alpha value is -5.98. The summed E-state index contributed by atoms with van der Waals surface area (Å²) in [5, 5.41) is 21.3. The van der Waals surface area contributed by atoms with E-state index < -0.39 is 11.9 Å². The largest absolute Gasteiger partial charge is 0.355 e. The van der Waals surface area contributed by atoms with Gasteiger partial charge in [0, 0.05) is 99.9 Å². The molecule has 5 amide bonds. The van der Waals surface area contributed by atoms with Crippen LogP contribution in [0.4, 0.5) is 17.3 Å². The molecule has 0 bridgehead atoms. The number of carbonyl (C=O) groups is 5. The lowest BCUT2D eigenvalue weighted by atomic mass is 9.78. The van der Waals surface area contributed by atoms with Crippen LogP contribution in [0, 0.1) is 10.8 Å². The molecule has 17 nitrogen and oxygen atoms in total. The van der Waals surface area contributed by atoms with Gasteiger partial charge in [-0.25, -0.2) is 9.97 Å². The normalized spacial score (nSPS) is 21.3. The summed E-state index contributed by atoms with van der Waals surface area (Å²) < 4.78 is 0. The summed E-state index contributed by atoms with van der Waals surface area (Å²) in [5.41, 5.74) is 3.68. The van der Waals surface area contributed by atoms with Crippen LogP contribution in [0.15, 0.2) is 76.9 Å². The minimum Gasteiger partial charge on any atom is -0.355 e. The van der Waals surface area contributed by atoms with Crippen LogP contribution in [0.5, 0.6) is 0 Å². The molecule has 2 aromatic heterocycles. The summed E-state index contributed by atoms with van der Waals surface area (Å²) >= 11 is 1.54. The van der Waals surface area contributed by atoms with Gasteiger partial charge in [-0.15, -0.1) is 10.2 Å². The third-order valence-corrected chi connectivity index (χ3v) is 14.8. The highest BCUT2D eigenvalue weighted by Crippen LogP contribution is 2.41. The van der Waals surface area contributed by atoms with Crippen molar-refractivity contribution in [2.75, 3.05) is 74.0 Å². The zero-order valence-corrected chi connectivity index (χ0v) is 36.5. The first kappa shape index (κ1) is 42.0. The molecule has 6 aliphatic rings. The predicted molar refractivity (Wildman–Crippen MR) is 239 cm³/mol. The van der Waals surface area contributed by atoms with Gasteiger partial charge in [-0.3, -0.25) is 29.3 Å². The Labute approximate surface area is 375 Å². The smallest absolute Gasteiger partial charge is 0.272 e. The van der Waals surface area contributed by atoms with Crippen LogP contribution >= 0.6 is 11.8 Å². The fourth-order valence-corrected chi connectivity index (χ4v) is 11.1. The number of imide groups is 1. The second kappa shape index (κ2) is 17.5. The molecule has 4 N–H and O–H groups in total. The van der Waals surface area contributed by atoms with Crippen LogP contribution in [0.1, 0.15) is 76.9 Å². The van der Waals surface area contributed by atoms with E-state index >= 15 is 0 Å². The van der Waals surface area contributed by atoms with Gasteiger partial charge in [-0.1, -0.05) is 30.0 Å². The van der Waals surface area contributed by atoms with Crippen molar-refractivity contribution in [1.29, 1.82) is 0 Å². The van der Waals surface area contributed by atoms with E-state index in [1.807, 2.05) is 48.8 Å². The number of rotatable bonds is 12. The monoisotopic (exact) mass is 884 g/mol. The van der Waals surface area contributed by atoms with Crippen LogP contribution in [-0.2, 0) is 27.5 Å². The van der Waals surface area contributed by atoms with Crippen molar-refractivity contribution < 1.29 is 24.0 Å². The van der Waals surface area contributed by atoms with Crippen molar-refractivity contribution in [3.8, 4) is 0 Å². The highest BCUT2D eigenvalue weighted by Gasteiger charge is 2.48. The first-order chi connectivity index (χ1) is 31.1. The molecule has 0 aliphatic carbocycles. The van der Waals surface area contributed by atoms with E-state index in [-0.39, 0.29) is 54.2 Å². The van der Waals surface area contributed by atoms with E-state index in [4.69, 9.17) is 9.97 Å². The van der Waals surface area contributed by atoms with Crippen molar-refractivity contribution in [3.05, 3.63) is 89.4 Å². The zero-order chi connectivity index (χ0) is 43.8. The van der Waals surface area contributed by atoms with Crippen molar-refractivity contribution in [3.63, 3.8) is 0 Å². The molecule has 64 heavy (non-hydrogen) atoms.